The van der Waals surface area contributed by atoms with E-state index in [2.05, 4.69) is 12.1 Å². The van der Waals surface area contributed by atoms with Crippen molar-refractivity contribution < 1.29 is 15.0 Å². The standard InChI is InChI=1S/C28H29NO3/c29-15-23-10-26(30)25(28-12-16-5-17(13-28)7-18(6-16)14-28)11-24(23)21-3-1-20-9-22(27(31)32)4-2-19(20)8-21/h1-4,8-11,16-18,30H,5-7,12-15,29H2,(H,31,32). The van der Waals surface area contributed by atoms with Crippen LogP contribution in [0.1, 0.15) is 60.0 Å². The number of hydrogen-bond acceptors (Lipinski definition) is 3. The van der Waals surface area contributed by atoms with Crippen molar-refractivity contribution in [1.82, 2.24) is 0 Å². The number of aromatic carboxylic acids is 1. The van der Waals surface area contributed by atoms with E-state index in [1.807, 2.05) is 24.3 Å². The predicted octanol–water partition coefficient (Wildman–Crippen LogP) is 5.84. The summed E-state index contributed by atoms with van der Waals surface area (Å²) >= 11 is 0. The average molecular weight is 428 g/mol. The number of carboxylic acids is 1. The molecule has 4 aliphatic rings. The van der Waals surface area contributed by atoms with Crippen LogP contribution in [0.5, 0.6) is 5.75 Å². The third kappa shape index (κ3) is 3.04. The van der Waals surface area contributed by atoms with Crippen LogP contribution in [0.2, 0.25) is 0 Å². The first kappa shape index (κ1) is 19.8. The minimum Gasteiger partial charge on any atom is -0.508 e. The zero-order valence-corrected chi connectivity index (χ0v) is 18.2. The smallest absolute Gasteiger partial charge is 0.335 e. The van der Waals surface area contributed by atoms with Gasteiger partial charge in [0, 0.05) is 12.1 Å². The Morgan fingerprint density at radius 1 is 0.906 bits per heavy atom. The van der Waals surface area contributed by atoms with Crippen LogP contribution in [0.4, 0.5) is 0 Å². The fourth-order valence-electron chi connectivity index (χ4n) is 7.48. The molecule has 32 heavy (non-hydrogen) atoms. The van der Waals surface area contributed by atoms with Crippen LogP contribution in [0.3, 0.4) is 0 Å². The van der Waals surface area contributed by atoms with Gasteiger partial charge in [-0.2, -0.15) is 0 Å². The number of hydrogen-bond donors (Lipinski definition) is 3. The first-order valence-corrected chi connectivity index (χ1v) is 11.8. The first-order valence-electron chi connectivity index (χ1n) is 11.8. The highest BCUT2D eigenvalue weighted by molar-refractivity contribution is 5.96. The van der Waals surface area contributed by atoms with E-state index in [0.717, 1.165) is 50.8 Å². The lowest BCUT2D eigenvalue weighted by Gasteiger charge is -2.57. The first-order chi connectivity index (χ1) is 15.4. The van der Waals surface area contributed by atoms with Crippen LogP contribution in [0, 0.1) is 17.8 Å². The Balaban J connectivity index is 1.47. The van der Waals surface area contributed by atoms with Crippen LogP contribution in [0.25, 0.3) is 21.9 Å². The maximum Gasteiger partial charge on any atom is 0.335 e. The zero-order valence-electron chi connectivity index (χ0n) is 18.2. The SMILES string of the molecule is NCc1cc(O)c(C23CC4CC(CC(C4)C2)C3)cc1-c1ccc2cc(C(=O)O)ccc2c1. The van der Waals surface area contributed by atoms with Crippen molar-refractivity contribution in [2.75, 3.05) is 0 Å². The van der Waals surface area contributed by atoms with E-state index in [0.29, 0.717) is 17.9 Å². The number of nitrogens with two attached hydrogens (primary N) is 1. The highest BCUT2D eigenvalue weighted by Crippen LogP contribution is 2.62. The van der Waals surface area contributed by atoms with E-state index in [9.17, 15) is 15.0 Å². The number of benzene rings is 3. The minimum absolute atomic E-state index is 0.105. The van der Waals surface area contributed by atoms with E-state index >= 15 is 0 Å². The maximum atomic E-state index is 11.3. The van der Waals surface area contributed by atoms with Crippen molar-refractivity contribution >= 4 is 16.7 Å². The Kier molecular flexibility index (Phi) is 4.38. The summed E-state index contributed by atoms with van der Waals surface area (Å²) in [5.74, 6) is 1.91. The van der Waals surface area contributed by atoms with Gasteiger partial charge in [-0.1, -0.05) is 18.2 Å². The van der Waals surface area contributed by atoms with Gasteiger partial charge >= 0.3 is 5.97 Å². The highest BCUT2D eigenvalue weighted by Gasteiger charge is 2.52. The zero-order chi connectivity index (χ0) is 22.0. The molecule has 164 valence electrons. The monoisotopic (exact) mass is 427 g/mol. The predicted molar refractivity (Wildman–Crippen MR) is 126 cm³/mol. The normalized spacial score (nSPS) is 28.3. The molecule has 3 aromatic carbocycles. The Labute approximate surface area is 188 Å². The Morgan fingerprint density at radius 2 is 1.53 bits per heavy atom. The van der Waals surface area contributed by atoms with Gasteiger partial charge in [-0.25, -0.2) is 4.79 Å². The number of phenols is 1. The summed E-state index contributed by atoms with van der Waals surface area (Å²) in [7, 11) is 0. The number of aromatic hydroxyl groups is 1. The number of carboxylic acid groups (broad SMARTS) is 1. The lowest BCUT2D eigenvalue weighted by Crippen LogP contribution is -2.48. The molecule has 4 nitrogen and oxygen atoms in total. The molecule has 4 heteroatoms. The number of carbonyl (C=O) groups is 1. The second-order valence-corrected chi connectivity index (χ2v) is 10.5. The van der Waals surface area contributed by atoms with Gasteiger partial charge in [0.2, 0.25) is 0 Å². The molecular formula is C28H29NO3. The molecular weight excluding hydrogens is 398 g/mol. The van der Waals surface area contributed by atoms with E-state index in [-0.39, 0.29) is 5.41 Å². The molecule has 4 aliphatic carbocycles. The quantitative estimate of drug-likeness (QED) is 0.489. The van der Waals surface area contributed by atoms with Crippen LogP contribution in [-0.2, 0) is 12.0 Å². The maximum absolute atomic E-state index is 11.3. The van der Waals surface area contributed by atoms with Crippen molar-refractivity contribution in [3.05, 3.63) is 65.2 Å². The lowest BCUT2D eigenvalue weighted by molar-refractivity contribution is -0.00612. The average Bonchev–Trinajstić information content (AvgIpc) is 2.77. The summed E-state index contributed by atoms with van der Waals surface area (Å²) in [6.07, 6.45) is 7.71. The van der Waals surface area contributed by atoms with E-state index in [4.69, 9.17) is 5.73 Å². The summed E-state index contributed by atoms with van der Waals surface area (Å²) in [4.78, 5) is 11.3. The van der Waals surface area contributed by atoms with Crippen LogP contribution >= 0.6 is 0 Å². The molecule has 0 spiro atoms. The third-order valence-electron chi connectivity index (χ3n) is 8.45. The summed E-state index contributed by atoms with van der Waals surface area (Å²) in [5.41, 5.74) is 10.7. The highest BCUT2D eigenvalue weighted by atomic mass is 16.4. The number of rotatable bonds is 4. The van der Waals surface area contributed by atoms with Gasteiger partial charge in [-0.15, -0.1) is 0 Å². The van der Waals surface area contributed by atoms with Crippen molar-refractivity contribution in [2.24, 2.45) is 23.5 Å². The molecule has 0 unspecified atom stereocenters. The Morgan fingerprint density at radius 3 is 2.16 bits per heavy atom. The lowest BCUT2D eigenvalue weighted by atomic mass is 9.48. The molecule has 4 saturated carbocycles. The molecule has 4 fully saturated rings. The number of fused-ring (bicyclic) bond motifs is 1. The molecule has 0 atom stereocenters. The molecule has 3 aromatic rings. The van der Waals surface area contributed by atoms with Crippen molar-refractivity contribution in [3.63, 3.8) is 0 Å². The van der Waals surface area contributed by atoms with Gasteiger partial charge in [0.1, 0.15) is 5.75 Å². The third-order valence-corrected chi connectivity index (χ3v) is 8.45. The van der Waals surface area contributed by atoms with Crippen molar-refractivity contribution in [1.29, 1.82) is 0 Å². The van der Waals surface area contributed by atoms with Crippen molar-refractivity contribution in [3.8, 4) is 16.9 Å². The molecule has 0 saturated heterocycles. The van der Waals surface area contributed by atoms with Crippen molar-refractivity contribution in [2.45, 2.75) is 50.5 Å². The molecule has 0 heterocycles. The van der Waals surface area contributed by atoms with E-state index < -0.39 is 5.97 Å². The minimum atomic E-state index is -0.917. The fraction of sp³-hybridized carbons (Fsp3) is 0.393. The molecule has 0 amide bonds. The summed E-state index contributed by atoms with van der Waals surface area (Å²) in [5, 5.41) is 22.3. The van der Waals surface area contributed by atoms with E-state index in [1.54, 1.807) is 12.1 Å². The molecule has 0 radical (unpaired) electrons. The topological polar surface area (TPSA) is 83.5 Å². The van der Waals surface area contributed by atoms with Crippen LogP contribution in [-0.4, -0.2) is 16.2 Å². The number of phenolic OH excluding ortho intramolecular Hbond substituents is 1. The van der Waals surface area contributed by atoms with E-state index in [1.165, 1.54) is 38.5 Å². The van der Waals surface area contributed by atoms with Gasteiger partial charge < -0.3 is 15.9 Å². The van der Waals surface area contributed by atoms with Gasteiger partial charge in [0.25, 0.3) is 0 Å². The second kappa shape index (κ2) is 7.08. The van der Waals surface area contributed by atoms with Gasteiger partial charge in [0.15, 0.2) is 0 Å². The van der Waals surface area contributed by atoms with Gasteiger partial charge in [0.05, 0.1) is 5.56 Å². The van der Waals surface area contributed by atoms with Crippen LogP contribution < -0.4 is 5.73 Å². The summed E-state index contributed by atoms with van der Waals surface area (Å²) in [6, 6.07) is 15.5. The summed E-state index contributed by atoms with van der Waals surface area (Å²) in [6.45, 7) is 0.361. The summed E-state index contributed by atoms with van der Waals surface area (Å²) < 4.78 is 0. The van der Waals surface area contributed by atoms with Crippen LogP contribution in [0.15, 0.2) is 48.5 Å². The van der Waals surface area contributed by atoms with Gasteiger partial charge in [-0.05, 0) is 119 Å². The van der Waals surface area contributed by atoms with Gasteiger partial charge in [-0.3, -0.25) is 0 Å². The Hall–Kier alpha value is -2.85. The molecule has 4 N–H and O–H groups in total. The second-order valence-electron chi connectivity index (χ2n) is 10.5. The largest absolute Gasteiger partial charge is 0.508 e. The Bertz CT molecular complexity index is 1210. The molecule has 7 rings (SSSR count). The molecule has 0 aliphatic heterocycles. The molecule has 4 bridgehead atoms. The fourth-order valence-corrected chi connectivity index (χ4v) is 7.48. The molecule has 0 aromatic heterocycles.